The molecule has 1 radical (unpaired) electrons. The van der Waals surface area contributed by atoms with Crippen molar-refractivity contribution in [2.75, 3.05) is 26.4 Å². The Hall–Kier alpha value is -0.954. The molecule has 8 N–H and O–H groups in total. The van der Waals surface area contributed by atoms with Gasteiger partial charge >= 0.3 is 16.8 Å². The summed E-state index contributed by atoms with van der Waals surface area (Å²) in [5, 5.41) is 92.9. The fourth-order valence-electron chi connectivity index (χ4n) is 2.00. The molecule has 0 aliphatic heterocycles. The zero-order chi connectivity index (χ0) is 24.0. The van der Waals surface area contributed by atoms with Gasteiger partial charge in [0.1, 0.15) is 48.8 Å². The van der Waals surface area contributed by atoms with Crippen molar-refractivity contribution < 1.29 is 86.9 Å². The summed E-state index contributed by atoms with van der Waals surface area (Å²) >= 11 is 0. The van der Waals surface area contributed by atoms with E-state index in [0.29, 0.717) is 0 Å². The Morgan fingerprint density at radius 2 is 0.935 bits per heavy atom. The van der Waals surface area contributed by atoms with Crippen LogP contribution in [0, 0.1) is 0 Å². The second-order valence-corrected chi connectivity index (χ2v) is 5.85. The van der Waals surface area contributed by atoms with E-state index in [1.165, 1.54) is 13.8 Å². The Bertz CT molecular complexity index is 439. The summed E-state index contributed by atoms with van der Waals surface area (Å²) in [6.45, 7) is 1.39. The number of carbonyl (C=O) groups excluding carboxylic acids is 2. The Balaban J connectivity index is -0.000000490. The van der Waals surface area contributed by atoms with E-state index >= 15 is 0 Å². The molecule has 0 aliphatic carbocycles. The number of aliphatic hydroxyl groups is 8. The molecule has 14 nitrogen and oxygen atoms in total. The number of hydrogen-bond donors (Lipinski definition) is 8. The van der Waals surface area contributed by atoms with Crippen LogP contribution in [-0.2, 0) is 35.8 Å². The second kappa shape index (κ2) is 18.6. The molecule has 0 bridgehead atoms. The molecule has 0 amide bonds. The van der Waals surface area contributed by atoms with Gasteiger partial charge in [0.05, 0.1) is 25.2 Å². The SMILES string of the molecule is CCOC(C(=O)[O-])C(O)C(O)C(O)CO.CCOC(C(=O)[O-])C(O)C(O)C(O)CO.[Co+2]. The van der Waals surface area contributed by atoms with Gasteiger partial charge in [-0.2, -0.15) is 0 Å². The average molecular weight is 505 g/mol. The third kappa shape index (κ3) is 12.6. The Morgan fingerprint density at radius 3 is 1.10 bits per heavy atom. The third-order valence-electron chi connectivity index (χ3n) is 3.64. The minimum Gasteiger partial charge on any atom is -0.547 e. The molecule has 0 heterocycles. The maximum absolute atomic E-state index is 10.5. The molecule has 8 atom stereocenters. The first-order chi connectivity index (χ1) is 13.9. The molecule has 0 saturated heterocycles. The largest absolute Gasteiger partial charge is 2.00 e. The molecule has 0 aromatic heterocycles. The molecule has 0 saturated carbocycles. The summed E-state index contributed by atoms with van der Waals surface area (Å²) in [5.41, 5.74) is 0. The van der Waals surface area contributed by atoms with Crippen molar-refractivity contribution >= 4 is 11.9 Å². The van der Waals surface area contributed by atoms with Crippen molar-refractivity contribution in [3.05, 3.63) is 0 Å². The van der Waals surface area contributed by atoms with Gasteiger partial charge in [-0.05, 0) is 13.8 Å². The number of aliphatic carboxylic acids is 2. The normalized spacial score (nSPS) is 18.6. The number of carboxylic acids is 2. The van der Waals surface area contributed by atoms with Crippen LogP contribution in [0.4, 0.5) is 0 Å². The van der Waals surface area contributed by atoms with Crippen LogP contribution in [-0.4, -0.2) is 128 Å². The van der Waals surface area contributed by atoms with Gasteiger partial charge in [0.25, 0.3) is 0 Å². The first-order valence-electron chi connectivity index (χ1n) is 8.85. The van der Waals surface area contributed by atoms with Crippen LogP contribution in [0.15, 0.2) is 0 Å². The van der Waals surface area contributed by atoms with Gasteiger partial charge in [-0.25, -0.2) is 0 Å². The fourth-order valence-corrected chi connectivity index (χ4v) is 2.00. The third-order valence-corrected chi connectivity index (χ3v) is 3.64. The van der Waals surface area contributed by atoms with Crippen molar-refractivity contribution in [1.29, 1.82) is 0 Å². The molecule has 0 spiro atoms. The van der Waals surface area contributed by atoms with Crippen LogP contribution in [0.1, 0.15) is 13.8 Å². The zero-order valence-electron chi connectivity index (χ0n) is 16.8. The van der Waals surface area contributed by atoms with Gasteiger partial charge in [0, 0.05) is 13.2 Å². The molecular formula is C16H30CoO14. The summed E-state index contributed by atoms with van der Waals surface area (Å²) in [7, 11) is 0. The summed E-state index contributed by atoms with van der Waals surface area (Å²) in [6.07, 6.45) is -14.1. The Labute approximate surface area is 188 Å². The van der Waals surface area contributed by atoms with Gasteiger partial charge in [-0.3, -0.25) is 0 Å². The van der Waals surface area contributed by atoms with E-state index < -0.39 is 74.0 Å². The predicted molar refractivity (Wildman–Crippen MR) is 91.1 cm³/mol. The first-order valence-corrected chi connectivity index (χ1v) is 8.85. The summed E-state index contributed by atoms with van der Waals surface area (Å²) < 4.78 is 9.23. The zero-order valence-corrected chi connectivity index (χ0v) is 17.8. The van der Waals surface area contributed by atoms with E-state index in [2.05, 4.69) is 9.47 Å². The Kier molecular flexibility index (Phi) is 20.8. The van der Waals surface area contributed by atoms with Crippen LogP contribution in [0.3, 0.4) is 0 Å². The fraction of sp³-hybridized carbons (Fsp3) is 0.875. The molecular weight excluding hydrogens is 475 g/mol. The molecule has 0 fully saturated rings. The van der Waals surface area contributed by atoms with Crippen LogP contribution in [0.2, 0.25) is 0 Å². The van der Waals surface area contributed by atoms with Gasteiger partial charge in [-0.15, -0.1) is 0 Å². The van der Waals surface area contributed by atoms with Crippen molar-refractivity contribution in [3.63, 3.8) is 0 Å². The maximum Gasteiger partial charge on any atom is 2.00 e. The number of carbonyl (C=O) groups is 2. The van der Waals surface area contributed by atoms with Crippen LogP contribution in [0.5, 0.6) is 0 Å². The molecule has 0 rings (SSSR count). The average Bonchev–Trinajstić information content (AvgIpc) is 2.72. The van der Waals surface area contributed by atoms with Gasteiger partial charge in [0.2, 0.25) is 0 Å². The van der Waals surface area contributed by atoms with E-state index in [4.69, 9.17) is 20.4 Å². The van der Waals surface area contributed by atoms with Crippen molar-refractivity contribution in [1.82, 2.24) is 0 Å². The number of carboxylic acid groups (broad SMARTS) is 2. The topological polar surface area (TPSA) is 261 Å². The molecule has 31 heavy (non-hydrogen) atoms. The Morgan fingerprint density at radius 1 is 0.677 bits per heavy atom. The predicted octanol–water partition coefficient (Wildman–Crippen LogP) is -7.57. The number of rotatable bonds is 14. The monoisotopic (exact) mass is 505 g/mol. The summed E-state index contributed by atoms with van der Waals surface area (Å²) in [6, 6.07) is 0. The number of aliphatic hydroxyl groups excluding tert-OH is 8. The molecule has 0 aliphatic rings. The van der Waals surface area contributed by atoms with Crippen LogP contribution < -0.4 is 10.2 Å². The molecule has 187 valence electrons. The maximum atomic E-state index is 10.5. The van der Waals surface area contributed by atoms with E-state index in [-0.39, 0.29) is 30.0 Å². The minimum absolute atomic E-state index is 0. The van der Waals surface area contributed by atoms with Gasteiger partial charge in [-0.1, -0.05) is 0 Å². The van der Waals surface area contributed by atoms with Crippen LogP contribution >= 0.6 is 0 Å². The standard InChI is InChI=1S/2C8H16O7.Co/c2*1-2-15-7(8(13)14)6(12)5(11)4(10)3-9;/h2*4-7,9-12H,2-3H2,1H3,(H,13,14);/q;;+2/p-2. The van der Waals surface area contributed by atoms with Gasteiger partial charge in [0.15, 0.2) is 0 Å². The number of ether oxygens (including phenoxy) is 2. The van der Waals surface area contributed by atoms with Crippen molar-refractivity contribution in [3.8, 4) is 0 Å². The smallest absolute Gasteiger partial charge is 0.547 e. The number of hydrogen-bond acceptors (Lipinski definition) is 14. The van der Waals surface area contributed by atoms with E-state index in [1.807, 2.05) is 0 Å². The summed E-state index contributed by atoms with van der Waals surface area (Å²) in [5.74, 6) is -3.40. The van der Waals surface area contributed by atoms with E-state index in [9.17, 15) is 40.2 Å². The van der Waals surface area contributed by atoms with E-state index in [1.54, 1.807) is 0 Å². The molecule has 0 aromatic rings. The molecule has 0 aromatic carbocycles. The van der Waals surface area contributed by atoms with Crippen molar-refractivity contribution in [2.45, 2.75) is 62.7 Å². The molecule has 8 unspecified atom stereocenters. The van der Waals surface area contributed by atoms with E-state index in [0.717, 1.165) is 0 Å². The van der Waals surface area contributed by atoms with Crippen LogP contribution in [0.25, 0.3) is 0 Å². The quantitative estimate of drug-likeness (QED) is 0.109. The minimum atomic E-state index is -1.86. The first kappa shape index (κ1) is 34.7. The summed E-state index contributed by atoms with van der Waals surface area (Å²) in [4.78, 5) is 21.0. The second-order valence-electron chi connectivity index (χ2n) is 5.85. The van der Waals surface area contributed by atoms with Gasteiger partial charge < -0.3 is 70.1 Å². The van der Waals surface area contributed by atoms with Crippen molar-refractivity contribution in [2.24, 2.45) is 0 Å². The molecule has 15 heteroatoms.